The molecule has 0 aromatic carbocycles. The van der Waals surface area contributed by atoms with Crippen LogP contribution in [-0.4, -0.2) is 74.6 Å². The number of hydrogen-bond donors (Lipinski definition) is 3. The van der Waals surface area contributed by atoms with Gasteiger partial charge in [0.25, 0.3) is 0 Å². The lowest BCUT2D eigenvalue weighted by Crippen LogP contribution is -4.23. The van der Waals surface area contributed by atoms with Gasteiger partial charge >= 0.3 is 26.2 Å². The highest BCUT2D eigenvalue weighted by molar-refractivity contribution is 5.53. The third kappa shape index (κ3) is 13300. The summed E-state index contributed by atoms with van der Waals surface area (Å²) < 4.78 is 33.2. The Morgan fingerprint density at radius 1 is 0.632 bits per heavy atom. The van der Waals surface area contributed by atoms with Gasteiger partial charge in [0, 0.05) is 3.44 Å². The third-order valence-electron chi connectivity index (χ3n) is 0. The van der Waals surface area contributed by atoms with Crippen molar-refractivity contribution in [3.05, 3.63) is 0 Å². The van der Waals surface area contributed by atoms with Gasteiger partial charge in [0.2, 0.25) is 0 Å². The Morgan fingerprint density at radius 3 is 0.632 bits per heavy atom. The van der Waals surface area contributed by atoms with Crippen LogP contribution in [0, 0.1) is 0 Å². The smallest absolute Gasteiger partial charge is 0.450 e. The quantitative estimate of drug-likeness (QED) is 0.308. The van der Waals surface area contributed by atoms with Crippen LogP contribution in [0.25, 0.3) is 0 Å². The average Bonchev–Trinajstić information content (AvgIpc) is 1.19. The summed E-state index contributed by atoms with van der Waals surface area (Å²) >= 11 is -5.69. The Bertz CT molecular complexity index is 73.8. The molecule has 0 bridgehead atoms. The molecule has 23 N–H and O–H groups in total. The van der Waals surface area contributed by atoms with Crippen molar-refractivity contribution in [2.75, 3.05) is 0 Å². The standard InChI is InChI=1S/CH2O3.HIO4.10H2O/c2-1(3)4;2-1(3,4)5;;;;;;;;;;/h(H2,2,3,4);2H;10*1H2. The molecule has 0 rings (SSSR count). The van der Waals surface area contributed by atoms with Crippen molar-refractivity contribution in [1.82, 2.24) is 0 Å². The zero-order valence-corrected chi connectivity index (χ0v) is 11.0. The van der Waals surface area contributed by atoms with E-state index < -0.39 is 26.2 Å². The molecule has 19 heavy (non-hydrogen) atoms. The van der Waals surface area contributed by atoms with E-state index in [9.17, 15) is 0 Å². The van der Waals surface area contributed by atoms with Crippen molar-refractivity contribution in [3.63, 3.8) is 0 Å². The molecule has 0 saturated heterocycles. The molecule has 0 spiro atoms. The Kier molecular flexibility index (Phi) is 471. The van der Waals surface area contributed by atoms with E-state index in [-0.39, 0.29) is 54.8 Å². The van der Waals surface area contributed by atoms with E-state index in [4.69, 9.17) is 28.8 Å². The second kappa shape index (κ2) is 66.2. The molecule has 0 aliphatic carbocycles. The molecule has 0 fully saturated rings. The molecule has 0 atom stereocenters. The van der Waals surface area contributed by atoms with Crippen LogP contribution in [0.3, 0.4) is 0 Å². The summed E-state index contributed by atoms with van der Waals surface area (Å²) in [4.78, 5) is 8.56. The zero-order valence-electron chi connectivity index (χ0n) is 8.85. The molecule has 0 heterocycles. The molecule has 0 aromatic heterocycles. The van der Waals surface area contributed by atoms with Gasteiger partial charge in [-0.05, 0) is 0 Å². The highest BCUT2D eigenvalue weighted by Gasteiger charge is 2.11. The first-order valence-electron chi connectivity index (χ1n) is 1.28. The van der Waals surface area contributed by atoms with Gasteiger partial charge in [-0.1, -0.05) is 0 Å². The summed E-state index contributed by atoms with van der Waals surface area (Å²) in [5.41, 5.74) is 0. The first-order chi connectivity index (χ1) is 3.73. The molecule has 136 valence electrons. The van der Waals surface area contributed by atoms with Gasteiger partial charge < -0.3 is 65.0 Å². The van der Waals surface area contributed by atoms with Crippen LogP contribution < -0.4 is 30.4 Å². The molecule has 0 aliphatic rings. The van der Waals surface area contributed by atoms with E-state index in [0.717, 1.165) is 0 Å². The Hall–Kier alpha value is -0.560. The summed E-state index contributed by atoms with van der Waals surface area (Å²) in [7, 11) is 0. The maximum absolute atomic E-state index is 8.73. The van der Waals surface area contributed by atoms with Crippen LogP contribution in [-0.2, 0) is 0 Å². The summed E-state index contributed by atoms with van der Waals surface area (Å²) in [6.07, 6.45) is -1.83. The van der Waals surface area contributed by atoms with Crippen molar-refractivity contribution in [2.24, 2.45) is 0 Å². The van der Waals surface area contributed by atoms with Gasteiger partial charge in [-0.15, -0.1) is 0 Å². The summed E-state index contributed by atoms with van der Waals surface area (Å²) in [6, 6.07) is 0. The summed E-state index contributed by atoms with van der Waals surface area (Å²) in [5.74, 6) is 0. The van der Waals surface area contributed by atoms with Crippen LogP contribution in [0.4, 0.5) is 4.79 Å². The van der Waals surface area contributed by atoms with Crippen molar-refractivity contribution >= 4 is 6.16 Å². The monoisotopic (exact) mass is 434 g/mol. The predicted octanol–water partition coefficient (Wildman–Crippen LogP) is -15.1. The van der Waals surface area contributed by atoms with Gasteiger partial charge in [0.05, 0.1) is 0 Å². The Labute approximate surface area is 110 Å². The number of hydrogen-bond acceptors (Lipinski definition) is 5. The van der Waals surface area contributed by atoms with Gasteiger partial charge in [-0.2, -0.15) is 0 Å². The first kappa shape index (κ1) is 135. The maximum Gasteiger partial charge on any atom is 0.503 e. The molecular formula is CH23IO17. The number of rotatable bonds is 0. The number of carboxylic acid groups (broad SMARTS) is 2. The largest absolute Gasteiger partial charge is 0.503 e. The fraction of sp³-hybridized carbons (Fsp3) is 0. The SMILES string of the molecule is O.O.O.O.O.O.O.O.O.O.O=C(O)O.[O-][I+3]([O-])([O-])O. The fourth-order valence-electron chi connectivity index (χ4n) is 0. The molecule has 18 heteroatoms. The minimum absolute atomic E-state index is 0. The van der Waals surface area contributed by atoms with Crippen LogP contribution in [0.15, 0.2) is 0 Å². The van der Waals surface area contributed by atoms with E-state index in [1.165, 1.54) is 0 Å². The van der Waals surface area contributed by atoms with Crippen LogP contribution in [0.1, 0.15) is 0 Å². The average molecular weight is 434 g/mol. The number of halogens is 1. The van der Waals surface area contributed by atoms with E-state index in [2.05, 4.69) is 0 Å². The van der Waals surface area contributed by atoms with Crippen LogP contribution in [0.5, 0.6) is 0 Å². The Balaban J connectivity index is -0.00000000340. The lowest BCUT2D eigenvalue weighted by Gasteiger charge is -1.93. The van der Waals surface area contributed by atoms with Gasteiger partial charge in [-0.25, -0.2) is 4.79 Å². The topological polar surface area (TPSA) is 462 Å². The lowest BCUT2D eigenvalue weighted by atomic mass is 11.5. The van der Waals surface area contributed by atoms with Crippen molar-refractivity contribution < 1.29 is 104 Å². The first-order valence-corrected chi connectivity index (χ1v) is 4.89. The highest BCUT2D eigenvalue weighted by Crippen LogP contribution is 1.42. The third-order valence-corrected chi connectivity index (χ3v) is 0. The van der Waals surface area contributed by atoms with Crippen molar-refractivity contribution in [3.8, 4) is 0 Å². The van der Waals surface area contributed by atoms with Gasteiger partial charge in [0.1, 0.15) is 0 Å². The molecular weight excluding hydrogens is 411 g/mol. The molecule has 0 unspecified atom stereocenters. The number of carbonyl (C=O) groups is 1. The normalized spacial score (nSPS) is 4.42. The van der Waals surface area contributed by atoms with Gasteiger partial charge in [0.15, 0.2) is 0 Å². The minimum Gasteiger partial charge on any atom is -0.450 e. The van der Waals surface area contributed by atoms with Crippen LogP contribution >= 0.6 is 0 Å². The van der Waals surface area contributed by atoms with E-state index in [1.807, 2.05) is 0 Å². The van der Waals surface area contributed by atoms with Gasteiger partial charge in [-0.3, -0.25) is 10.3 Å². The van der Waals surface area contributed by atoms with Crippen LogP contribution in [0.2, 0.25) is 0 Å². The van der Waals surface area contributed by atoms with Crippen molar-refractivity contribution in [1.29, 1.82) is 0 Å². The predicted molar refractivity (Wildman–Crippen MR) is 49.0 cm³/mol. The van der Waals surface area contributed by atoms with E-state index in [1.54, 1.807) is 0 Å². The summed E-state index contributed by atoms with van der Waals surface area (Å²) in [5, 5.41) is 13.9. The molecule has 0 saturated carbocycles. The fourth-order valence-corrected chi connectivity index (χ4v) is 0. The van der Waals surface area contributed by atoms with E-state index in [0.29, 0.717) is 0 Å². The molecule has 17 nitrogen and oxygen atoms in total. The lowest BCUT2D eigenvalue weighted by molar-refractivity contribution is -1.92. The van der Waals surface area contributed by atoms with Crippen molar-refractivity contribution in [2.45, 2.75) is 0 Å². The molecule has 0 amide bonds. The molecule has 0 radical (unpaired) electrons. The van der Waals surface area contributed by atoms with E-state index >= 15 is 0 Å². The Morgan fingerprint density at radius 2 is 0.632 bits per heavy atom. The second-order valence-corrected chi connectivity index (χ2v) is 2.94. The second-order valence-electron chi connectivity index (χ2n) is 0.679. The maximum atomic E-state index is 8.73. The zero-order chi connectivity index (χ0) is 8.08. The molecule has 0 aliphatic heterocycles. The highest BCUT2D eigenvalue weighted by atomic mass is 127. The summed E-state index contributed by atoms with van der Waals surface area (Å²) in [6.45, 7) is 0. The minimum atomic E-state index is -5.69. The molecule has 0 aromatic rings.